The van der Waals surface area contributed by atoms with E-state index >= 15 is 0 Å². The fraction of sp³-hybridized carbons (Fsp3) is 0.538. The van der Waals surface area contributed by atoms with Gasteiger partial charge in [-0.05, 0) is 19.0 Å². The Kier molecular flexibility index (Phi) is 5.55. The number of hydrogen-bond donors (Lipinski definition) is 2. The lowest BCUT2D eigenvalue weighted by Gasteiger charge is -2.25. The van der Waals surface area contributed by atoms with Crippen molar-refractivity contribution in [2.24, 2.45) is 11.7 Å². The van der Waals surface area contributed by atoms with Gasteiger partial charge in [-0.3, -0.25) is 0 Å². The van der Waals surface area contributed by atoms with E-state index in [1.807, 2.05) is 18.9 Å². The summed E-state index contributed by atoms with van der Waals surface area (Å²) in [6.07, 6.45) is 0. The van der Waals surface area contributed by atoms with Crippen LogP contribution in [-0.2, 0) is 0 Å². The van der Waals surface area contributed by atoms with Crippen molar-refractivity contribution in [3.8, 4) is 0 Å². The van der Waals surface area contributed by atoms with Crippen LogP contribution >= 0.6 is 0 Å². The van der Waals surface area contributed by atoms with Crippen LogP contribution in [0.25, 0.3) is 0 Å². The van der Waals surface area contributed by atoms with E-state index in [0.29, 0.717) is 12.1 Å². The van der Waals surface area contributed by atoms with Gasteiger partial charge in [-0.25, -0.2) is 4.39 Å². The molecule has 0 aliphatic carbocycles. The van der Waals surface area contributed by atoms with Crippen LogP contribution < -0.4 is 5.73 Å². The van der Waals surface area contributed by atoms with Crippen molar-refractivity contribution in [2.75, 3.05) is 26.7 Å². The molecule has 1 aromatic rings. The predicted octanol–water partition coefficient (Wildman–Crippen LogP) is 1.39. The zero-order valence-electron chi connectivity index (χ0n) is 10.4. The molecule has 0 amide bonds. The Morgan fingerprint density at radius 3 is 2.65 bits per heavy atom. The van der Waals surface area contributed by atoms with Crippen molar-refractivity contribution in [2.45, 2.75) is 13.0 Å². The summed E-state index contributed by atoms with van der Waals surface area (Å²) >= 11 is 0. The lowest BCUT2D eigenvalue weighted by molar-refractivity contribution is 0.197. The highest BCUT2D eigenvalue weighted by Gasteiger charge is 2.19. The summed E-state index contributed by atoms with van der Waals surface area (Å²) in [5, 5.41) is 8.82. The largest absolute Gasteiger partial charge is 0.395 e. The van der Waals surface area contributed by atoms with E-state index in [1.165, 1.54) is 6.07 Å². The van der Waals surface area contributed by atoms with Crippen molar-refractivity contribution >= 4 is 0 Å². The molecule has 3 nitrogen and oxygen atoms in total. The Labute approximate surface area is 102 Å². The highest BCUT2D eigenvalue weighted by molar-refractivity contribution is 5.21. The Morgan fingerprint density at radius 2 is 2.06 bits per heavy atom. The van der Waals surface area contributed by atoms with E-state index in [0.717, 1.165) is 6.54 Å². The summed E-state index contributed by atoms with van der Waals surface area (Å²) in [5.41, 5.74) is 6.61. The predicted molar refractivity (Wildman–Crippen MR) is 67.1 cm³/mol. The summed E-state index contributed by atoms with van der Waals surface area (Å²) in [7, 11) is 1.92. The van der Waals surface area contributed by atoms with Crippen molar-refractivity contribution in [3.05, 3.63) is 35.6 Å². The number of aliphatic hydroxyl groups excluding tert-OH is 1. The summed E-state index contributed by atoms with van der Waals surface area (Å²) < 4.78 is 13.6. The number of aliphatic hydroxyl groups is 1. The minimum absolute atomic E-state index is 0.123. The highest BCUT2D eigenvalue weighted by atomic mass is 19.1. The number of halogens is 1. The molecular weight excluding hydrogens is 219 g/mol. The maximum Gasteiger partial charge on any atom is 0.127 e. The van der Waals surface area contributed by atoms with Crippen molar-refractivity contribution < 1.29 is 9.50 Å². The van der Waals surface area contributed by atoms with Gasteiger partial charge in [-0.2, -0.15) is 0 Å². The normalized spacial score (nSPS) is 14.9. The molecule has 0 aliphatic heterocycles. The molecule has 0 saturated heterocycles. The van der Waals surface area contributed by atoms with Crippen molar-refractivity contribution in [1.29, 1.82) is 0 Å². The molecule has 0 radical (unpaired) electrons. The number of nitrogens with two attached hydrogens (primary N) is 1. The van der Waals surface area contributed by atoms with Crippen LogP contribution in [0.15, 0.2) is 24.3 Å². The maximum atomic E-state index is 13.6. The average molecular weight is 240 g/mol. The van der Waals surface area contributed by atoms with Crippen LogP contribution in [0.5, 0.6) is 0 Å². The van der Waals surface area contributed by atoms with Crippen LogP contribution in [0, 0.1) is 11.7 Å². The second-order valence-corrected chi connectivity index (χ2v) is 4.51. The number of rotatable bonds is 6. The van der Waals surface area contributed by atoms with Gasteiger partial charge >= 0.3 is 0 Å². The summed E-state index contributed by atoms with van der Waals surface area (Å²) in [6.45, 7) is 3.45. The first-order valence-electron chi connectivity index (χ1n) is 5.85. The lowest BCUT2D eigenvalue weighted by atomic mass is 9.94. The third kappa shape index (κ3) is 4.07. The Hall–Kier alpha value is -0.970. The maximum absolute atomic E-state index is 13.6. The first kappa shape index (κ1) is 14.1. The molecule has 17 heavy (non-hydrogen) atoms. The molecule has 2 unspecified atom stereocenters. The summed E-state index contributed by atoms with van der Waals surface area (Å²) in [6, 6.07) is 6.29. The number of likely N-dealkylation sites (N-methyl/N-ethyl adjacent to an activating group) is 1. The first-order valence-corrected chi connectivity index (χ1v) is 5.85. The van der Waals surface area contributed by atoms with Gasteiger partial charge in [0.25, 0.3) is 0 Å². The minimum atomic E-state index is -0.322. The summed E-state index contributed by atoms with van der Waals surface area (Å²) in [5.74, 6) is -0.125. The van der Waals surface area contributed by atoms with Crippen LogP contribution in [-0.4, -0.2) is 36.8 Å². The topological polar surface area (TPSA) is 49.5 Å². The SMILES string of the molecule is CC(CN(C)CCO)C(N)c1ccccc1F. The number of hydrogen-bond acceptors (Lipinski definition) is 3. The number of benzene rings is 1. The smallest absolute Gasteiger partial charge is 0.127 e. The molecule has 0 saturated carbocycles. The number of nitrogens with zero attached hydrogens (tertiary/aromatic N) is 1. The molecule has 0 aromatic heterocycles. The molecule has 0 fully saturated rings. The first-order chi connectivity index (χ1) is 8.06. The summed E-state index contributed by atoms with van der Waals surface area (Å²) in [4.78, 5) is 1.99. The fourth-order valence-corrected chi connectivity index (χ4v) is 1.92. The standard InChI is InChI=1S/C13H21FN2O/c1-10(9-16(2)7-8-17)13(15)11-5-3-4-6-12(11)14/h3-6,10,13,17H,7-9,15H2,1-2H3. The second-order valence-electron chi connectivity index (χ2n) is 4.51. The van der Waals surface area contributed by atoms with Crippen molar-refractivity contribution in [1.82, 2.24) is 4.90 Å². The Bertz CT molecular complexity index is 346. The highest BCUT2D eigenvalue weighted by Crippen LogP contribution is 2.22. The van der Waals surface area contributed by atoms with Gasteiger partial charge in [0.15, 0.2) is 0 Å². The molecule has 3 N–H and O–H groups in total. The van der Waals surface area contributed by atoms with Gasteiger partial charge in [0.2, 0.25) is 0 Å². The van der Waals surface area contributed by atoms with E-state index in [-0.39, 0.29) is 24.4 Å². The van der Waals surface area contributed by atoms with Crippen LogP contribution in [0.2, 0.25) is 0 Å². The van der Waals surface area contributed by atoms with E-state index < -0.39 is 0 Å². The van der Waals surface area contributed by atoms with Gasteiger partial charge in [0, 0.05) is 24.7 Å². The molecule has 96 valence electrons. The Morgan fingerprint density at radius 1 is 1.41 bits per heavy atom. The van der Waals surface area contributed by atoms with E-state index in [1.54, 1.807) is 18.2 Å². The van der Waals surface area contributed by atoms with Crippen LogP contribution in [0.3, 0.4) is 0 Å². The second kappa shape index (κ2) is 6.69. The van der Waals surface area contributed by atoms with E-state index in [4.69, 9.17) is 10.8 Å². The fourth-order valence-electron chi connectivity index (χ4n) is 1.92. The van der Waals surface area contributed by atoms with Gasteiger partial charge in [0.05, 0.1) is 6.61 Å². The minimum Gasteiger partial charge on any atom is -0.395 e. The quantitative estimate of drug-likeness (QED) is 0.790. The average Bonchev–Trinajstić information content (AvgIpc) is 2.29. The molecule has 0 spiro atoms. The molecule has 2 atom stereocenters. The third-order valence-electron chi connectivity index (χ3n) is 2.96. The molecule has 0 bridgehead atoms. The van der Waals surface area contributed by atoms with Crippen LogP contribution in [0.4, 0.5) is 4.39 Å². The molecule has 1 aromatic carbocycles. The van der Waals surface area contributed by atoms with Crippen LogP contribution in [0.1, 0.15) is 18.5 Å². The monoisotopic (exact) mass is 240 g/mol. The zero-order valence-corrected chi connectivity index (χ0v) is 10.4. The lowest BCUT2D eigenvalue weighted by Crippen LogP contribution is -2.33. The van der Waals surface area contributed by atoms with Gasteiger partial charge in [0.1, 0.15) is 5.82 Å². The zero-order chi connectivity index (χ0) is 12.8. The molecule has 0 aliphatic rings. The molecule has 0 heterocycles. The van der Waals surface area contributed by atoms with E-state index in [2.05, 4.69) is 0 Å². The van der Waals surface area contributed by atoms with Gasteiger partial charge in [-0.1, -0.05) is 25.1 Å². The van der Waals surface area contributed by atoms with Gasteiger partial charge < -0.3 is 15.7 Å². The third-order valence-corrected chi connectivity index (χ3v) is 2.96. The molecule has 1 rings (SSSR count). The van der Waals surface area contributed by atoms with Crippen molar-refractivity contribution in [3.63, 3.8) is 0 Å². The molecule has 4 heteroatoms. The van der Waals surface area contributed by atoms with E-state index in [9.17, 15) is 4.39 Å². The van der Waals surface area contributed by atoms with Gasteiger partial charge in [-0.15, -0.1) is 0 Å². The Balaban J connectivity index is 2.63. The molecular formula is C13H21FN2O.